The maximum Gasteiger partial charge on any atom is 0.336 e. The molecule has 0 bridgehead atoms. The van der Waals surface area contributed by atoms with Gasteiger partial charge in [-0.15, -0.1) is 0 Å². The van der Waals surface area contributed by atoms with Gasteiger partial charge in [0.25, 0.3) is 11.8 Å². The molecule has 0 heterocycles. The van der Waals surface area contributed by atoms with E-state index < -0.39 is 23.8 Å². The van der Waals surface area contributed by atoms with Gasteiger partial charge in [0.1, 0.15) is 0 Å². The van der Waals surface area contributed by atoms with Crippen molar-refractivity contribution in [1.82, 2.24) is 10.6 Å². The number of rotatable bonds is 6. The van der Waals surface area contributed by atoms with E-state index in [0.717, 1.165) is 51.4 Å². The number of carbonyl (C=O) groups is 4. The predicted octanol–water partition coefficient (Wildman–Crippen LogP) is 3.58. The van der Waals surface area contributed by atoms with Crippen molar-refractivity contribution in [3.05, 3.63) is 46.5 Å². The second kappa shape index (κ2) is 8.98. The fraction of sp³-hybridized carbons (Fsp3) is 0.417. The molecule has 2 aromatic rings. The summed E-state index contributed by atoms with van der Waals surface area (Å²) in [6.45, 7) is 0. The van der Waals surface area contributed by atoms with E-state index in [1.807, 2.05) is 0 Å². The lowest BCUT2D eigenvalue weighted by Gasteiger charge is -2.18. The largest absolute Gasteiger partial charge is 0.478 e. The van der Waals surface area contributed by atoms with Crippen LogP contribution in [0.15, 0.2) is 24.3 Å². The van der Waals surface area contributed by atoms with E-state index in [1.165, 1.54) is 24.3 Å². The molecule has 2 fully saturated rings. The SMILES string of the molecule is O=C(O)c1ccc(C(=O)O)c2c(C(=O)NC3CCCC3)ccc(C(=O)NC3CCCC3)c12. The summed E-state index contributed by atoms with van der Waals surface area (Å²) in [6, 6.07) is 5.21. The van der Waals surface area contributed by atoms with Crippen molar-refractivity contribution in [2.45, 2.75) is 63.5 Å². The summed E-state index contributed by atoms with van der Waals surface area (Å²) in [4.78, 5) is 50.1. The first kappa shape index (κ1) is 21.8. The molecule has 0 spiro atoms. The Morgan fingerprint density at radius 1 is 0.594 bits per heavy atom. The van der Waals surface area contributed by atoms with E-state index in [4.69, 9.17) is 0 Å². The molecule has 2 aliphatic rings. The number of carboxylic acids is 2. The molecule has 2 aromatic carbocycles. The first-order valence-corrected chi connectivity index (χ1v) is 11.0. The molecule has 0 saturated heterocycles. The Labute approximate surface area is 185 Å². The molecule has 0 aromatic heterocycles. The van der Waals surface area contributed by atoms with Gasteiger partial charge in [0.2, 0.25) is 0 Å². The van der Waals surface area contributed by atoms with Crippen molar-refractivity contribution in [1.29, 1.82) is 0 Å². The van der Waals surface area contributed by atoms with Crippen molar-refractivity contribution >= 4 is 34.5 Å². The number of hydrogen-bond donors (Lipinski definition) is 4. The van der Waals surface area contributed by atoms with Gasteiger partial charge in [-0.05, 0) is 49.9 Å². The lowest BCUT2D eigenvalue weighted by molar-refractivity contribution is 0.0684. The molecule has 0 atom stereocenters. The Bertz CT molecular complexity index is 1010. The number of carbonyl (C=O) groups excluding carboxylic acids is 2. The summed E-state index contributed by atoms with van der Waals surface area (Å²) in [7, 11) is 0. The van der Waals surface area contributed by atoms with Gasteiger partial charge < -0.3 is 20.8 Å². The van der Waals surface area contributed by atoms with Crippen molar-refractivity contribution in [2.24, 2.45) is 0 Å². The lowest BCUT2D eigenvalue weighted by Crippen LogP contribution is -2.34. The van der Waals surface area contributed by atoms with E-state index in [2.05, 4.69) is 10.6 Å². The van der Waals surface area contributed by atoms with Crippen LogP contribution in [-0.2, 0) is 0 Å². The highest BCUT2D eigenvalue weighted by Gasteiger charge is 2.28. The molecule has 4 N–H and O–H groups in total. The summed E-state index contributed by atoms with van der Waals surface area (Å²) >= 11 is 0. The number of carboxylic acid groups (broad SMARTS) is 2. The molecule has 0 radical (unpaired) electrons. The minimum atomic E-state index is -1.30. The van der Waals surface area contributed by atoms with Gasteiger partial charge in [-0.2, -0.15) is 0 Å². The maximum absolute atomic E-state index is 13.1. The van der Waals surface area contributed by atoms with Crippen LogP contribution in [0.5, 0.6) is 0 Å². The van der Waals surface area contributed by atoms with Crippen LogP contribution in [0.2, 0.25) is 0 Å². The molecule has 2 aliphatic carbocycles. The van der Waals surface area contributed by atoms with Crippen LogP contribution in [-0.4, -0.2) is 46.0 Å². The minimum absolute atomic E-state index is 0.00109. The van der Waals surface area contributed by atoms with Gasteiger partial charge >= 0.3 is 11.9 Å². The van der Waals surface area contributed by atoms with Crippen LogP contribution in [0, 0.1) is 0 Å². The second-order valence-corrected chi connectivity index (χ2v) is 8.59. The lowest BCUT2D eigenvalue weighted by atomic mass is 9.90. The molecule has 4 rings (SSSR count). The molecule has 8 nitrogen and oxygen atoms in total. The van der Waals surface area contributed by atoms with Gasteiger partial charge in [-0.3, -0.25) is 9.59 Å². The Balaban J connectivity index is 1.88. The minimum Gasteiger partial charge on any atom is -0.478 e. The quantitative estimate of drug-likeness (QED) is 0.545. The number of benzene rings is 2. The first-order valence-electron chi connectivity index (χ1n) is 11.0. The molecular weight excluding hydrogens is 412 g/mol. The Morgan fingerprint density at radius 2 is 0.906 bits per heavy atom. The second-order valence-electron chi connectivity index (χ2n) is 8.59. The van der Waals surface area contributed by atoms with E-state index in [0.29, 0.717) is 0 Å². The zero-order valence-corrected chi connectivity index (χ0v) is 17.6. The summed E-state index contributed by atoms with van der Waals surface area (Å²) in [5, 5.41) is 25.4. The maximum atomic E-state index is 13.1. The highest BCUT2D eigenvalue weighted by atomic mass is 16.4. The molecule has 2 saturated carbocycles. The van der Waals surface area contributed by atoms with Crippen molar-refractivity contribution in [3.8, 4) is 0 Å². The van der Waals surface area contributed by atoms with Crippen LogP contribution >= 0.6 is 0 Å². The Hall–Kier alpha value is -3.42. The van der Waals surface area contributed by atoms with Gasteiger partial charge in [-0.1, -0.05) is 25.7 Å². The van der Waals surface area contributed by atoms with E-state index in [9.17, 15) is 29.4 Å². The van der Waals surface area contributed by atoms with Gasteiger partial charge in [-0.25, -0.2) is 9.59 Å². The Morgan fingerprint density at radius 3 is 1.22 bits per heavy atom. The topological polar surface area (TPSA) is 133 Å². The molecule has 2 amide bonds. The van der Waals surface area contributed by atoms with Crippen molar-refractivity contribution < 1.29 is 29.4 Å². The summed E-state index contributed by atoms with van der Waals surface area (Å²) < 4.78 is 0. The van der Waals surface area contributed by atoms with Crippen LogP contribution < -0.4 is 10.6 Å². The average molecular weight is 438 g/mol. The monoisotopic (exact) mass is 438 g/mol. The fourth-order valence-electron chi connectivity index (χ4n) is 4.90. The smallest absolute Gasteiger partial charge is 0.336 e. The molecule has 8 heteroatoms. The molecule has 0 unspecified atom stereocenters. The predicted molar refractivity (Wildman–Crippen MR) is 117 cm³/mol. The van der Waals surface area contributed by atoms with E-state index in [1.54, 1.807) is 0 Å². The number of nitrogens with one attached hydrogen (secondary N) is 2. The summed E-state index contributed by atoms with van der Waals surface area (Å²) in [5.41, 5.74) is -0.302. The molecule has 0 aliphatic heterocycles. The van der Waals surface area contributed by atoms with Crippen LogP contribution in [0.1, 0.15) is 92.8 Å². The third-order valence-corrected chi connectivity index (χ3v) is 6.49. The van der Waals surface area contributed by atoms with Crippen LogP contribution in [0.4, 0.5) is 0 Å². The molecule has 32 heavy (non-hydrogen) atoms. The summed E-state index contributed by atoms with van der Waals surface area (Å²) in [5.74, 6) is -3.52. The third-order valence-electron chi connectivity index (χ3n) is 6.49. The Kier molecular flexibility index (Phi) is 6.12. The standard InChI is InChI=1S/C24H26N2O6/c27-21(25-13-5-1-2-6-13)15-9-10-16(22(28)26-14-7-3-4-8-14)20-18(24(31)32)12-11-17(19(15)20)23(29)30/h9-14H,1-8H2,(H,25,27)(H,26,28)(H,29,30)(H,31,32). The third kappa shape index (κ3) is 4.17. The summed E-state index contributed by atoms with van der Waals surface area (Å²) in [6.07, 6.45) is 7.42. The highest BCUT2D eigenvalue weighted by Crippen LogP contribution is 2.31. The zero-order chi connectivity index (χ0) is 22.8. The number of hydrogen-bond acceptors (Lipinski definition) is 4. The van der Waals surface area contributed by atoms with Crippen molar-refractivity contribution in [3.63, 3.8) is 0 Å². The number of fused-ring (bicyclic) bond motifs is 1. The highest BCUT2D eigenvalue weighted by molar-refractivity contribution is 6.23. The first-order chi connectivity index (χ1) is 15.4. The van der Waals surface area contributed by atoms with Crippen LogP contribution in [0.3, 0.4) is 0 Å². The normalized spacial score (nSPS) is 16.9. The molecule has 168 valence electrons. The fourth-order valence-corrected chi connectivity index (χ4v) is 4.90. The van der Waals surface area contributed by atoms with Crippen LogP contribution in [0.25, 0.3) is 10.8 Å². The van der Waals surface area contributed by atoms with E-state index >= 15 is 0 Å². The zero-order valence-electron chi connectivity index (χ0n) is 17.6. The van der Waals surface area contributed by atoms with E-state index in [-0.39, 0.29) is 45.1 Å². The average Bonchev–Trinajstić information content (AvgIpc) is 3.46. The van der Waals surface area contributed by atoms with Gasteiger partial charge in [0.15, 0.2) is 0 Å². The number of amides is 2. The van der Waals surface area contributed by atoms with Crippen molar-refractivity contribution in [2.75, 3.05) is 0 Å². The number of aromatic carboxylic acids is 2. The van der Waals surface area contributed by atoms with Gasteiger partial charge in [0.05, 0.1) is 11.1 Å². The molecular formula is C24H26N2O6. The van der Waals surface area contributed by atoms with Gasteiger partial charge in [0, 0.05) is 34.0 Å².